The first-order valence-corrected chi connectivity index (χ1v) is 3.26. The van der Waals surface area contributed by atoms with E-state index in [9.17, 15) is 0 Å². The van der Waals surface area contributed by atoms with Crippen LogP contribution in [0.25, 0.3) is 0 Å². The Kier molecular flexibility index (Phi) is 10.2. The molecule has 1 unspecified atom stereocenters. The molecule has 62 valence electrons. The molecule has 0 aromatic rings. The van der Waals surface area contributed by atoms with Crippen LogP contribution in [0, 0.1) is 0 Å². The second-order valence-corrected chi connectivity index (χ2v) is 1.97. The average Bonchev–Trinajstić information content (AvgIpc) is 1.85. The summed E-state index contributed by atoms with van der Waals surface area (Å²) in [5.41, 5.74) is 0. The first-order chi connectivity index (χ1) is 4.54. The van der Waals surface area contributed by atoms with E-state index in [1.54, 1.807) is 7.11 Å². The minimum atomic E-state index is -0.833. The predicted octanol–water partition coefficient (Wildman–Crippen LogP) is 1.52. The van der Waals surface area contributed by atoms with Gasteiger partial charge in [0.25, 0.3) is 5.97 Å². The van der Waals surface area contributed by atoms with Gasteiger partial charge in [0.2, 0.25) is 0 Å². The highest BCUT2D eigenvalue weighted by Crippen LogP contribution is 1.89. The molecule has 0 radical (unpaired) electrons. The van der Waals surface area contributed by atoms with E-state index in [0.717, 1.165) is 13.3 Å². The van der Waals surface area contributed by atoms with Crippen molar-refractivity contribution in [3.8, 4) is 0 Å². The predicted molar refractivity (Wildman–Crippen MR) is 40.1 cm³/mol. The minimum absolute atomic E-state index is 0.435. The van der Waals surface area contributed by atoms with Gasteiger partial charge in [-0.2, -0.15) is 0 Å². The van der Waals surface area contributed by atoms with Crippen LogP contribution in [0.1, 0.15) is 27.2 Å². The van der Waals surface area contributed by atoms with Crippen molar-refractivity contribution < 1.29 is 14.6 Å². The van der Waals surface area contributed by atoms with Crippen molar-refractivity contribution in [3.63, 3.8) is 0 Å². The number of rotatable bonds is 2. The molecule has 0 aliphatic carbocycles. The maximum atomic E-state index is 9.00. The molecule has 3 heteroatoms. The maximum Gasteiger partial charge on any atom is 0.300 e. The zero-order valence-corrected chi connectivity index (χ0v) is 7.05. The highest BCUT2D eigenvalue weighted by Gasteiger charge is 1.88. The fraction of sp³-hybridized carbons (Fsp3) is 0.857. The fourth-order valence-corrected chi connectivity index (χ4v) is 0.167. The Morgan fingerprint density at radius 2 is 2.00 bits per heavy atom. The van der Waals surface area contributed by atoms with Gasteiger partial charge in [-0.1, -0.05) is 6.92 Å². The van der Waals surface area contributed by atoms with Crippen molar-refractivity contribution >= 4 is 5.97 Å². The summed E-state index contributed by atoms with van der Waals surface area (Å²) < 4.78 is 4.90. The number of carboxylic acids is 1. The van der Waals surface area contributed by atoms with Gasteiger partial charge in [-0.15, -0.1) is 0 Å². The zero-order chi connectivity index (χ0) is 8.57. The molecule has 0 rings (SSSR count). The monoisotopic (exact) mass is 148 g/mol. The molecule has 0 heterocycles. The second-order valence-electron chi connectivity index (χ2n) is 1.97. The summed E-state index contributed by atoms with van der Waals surface area (Å²) in [5, 5.41) is 7.42. The Morgan fingerprint density at radius 1 is 1.70 bits per heavy atom. The van der Waals surface area contributed by atoms with Gasteiger partial charge < -0.3 is 9.84 Å². The van der Waals surface area contributed by atoms with Crippen molar-refractivity contribution in [2.45, 2.75) is 33.3 Å². The van der Waals surface area contributed by atoms with Crippen LogP contribution < -0.4 is 0 Å². The van der Waals surface area contributed by atoms with Crippen molar-refractivity contribution in [1.29, 1.82) is 0 Å². The van der Waals surface area contributed by atoms with E-state index in [4.69, 9.17) is 14.6 Å². The van der Waals surface area contributed by atoms with Crippen LogP contribution in [0.2, 0.25) is 0 Å². The molecule has 10 heavy (non-hydrogen) atoms. The summed E-state index contributed by atoms with van der Waals surface area (Å²) in [5.74, 6) is -0.833. The molecule has 0 aliphatic heterocycles. The van der Waals surface area contributed by atoms with Crippen molar-refractivity contribution in [3.05, 3.63) is 0 Å². The zero-order valence-electron chi connectivity index (χ0n) is 7.05. The quantitative estimate of drug-likeness (QED) is 0.645. The van der Waals surface area contributed by atoms with E-state index >= 15 is 0 Å². The average molecular weight is 148 g/mol. The van der Waals surface area contributed by atoms with Gasteiger partial charge in [0.15, 0.2) is 0 Å². The smallest absolute Gasteiger partial charge is 0.300 e. The molecule has 3 nitrogen and oxygen atoms in total. The van der Waals surface area contributed by atoms with Crippen LogP contribution in [-0.2, 0) is 9.53 Å². The minimum Gasteiger partial charge on any atom is -0.481 e. The summed E-state index contributed by atoms with van der Waals surface area (Å²) in [4.78, 5) is 9.00. The van der Waals surface area contributed by atoms with Gasteiger partial charge in [-0.05, 0) is 13.3 Å². The van der Waals surface area contributed by atoms with Gasteiger partial charge >= 0.3 is 0 Å². The third-order valence-corrected chi connectivity index (χ3v) is 0.977. The van der Waals surface area contributed by atoms with E-state index in [1.165, 1.54) is 0 Å². The molecule has 0 aromatic carbocycles. The molecule has 0 spiro atoms. The molecule has 0 saturated heterocycles. The number of hydrogen-bond acceptors (Lipinski definition) is 2. The number of methoxy groups -OCH3 is 1. The Hall–Kier alpha value is -0.570. The Labute approximate surface area is 62.0 Å². The summed E-state index contributed by atoms with van der Waals surface area (Å²) in [6.07, 6.45) is 1.54. The Bertz CT molecular complexity index is 72.9. The molecular weight excluding hydrogens is 132 g/mol. The second kappa shape index (κ2) is 8.43. The van der Waals surface area contributed by atoms with E-state index < -0.39 is 5.97 Å². The normalized spacial score (nSPS) is 11.2. The molecule has 0 saturated carbocycles. The highest BCUT2D eigenvalue weighted by atomic mass is 16.5. The van der Waals surface area contributed by atoms with Crippen LogP contribution in [-0.4, -0.2) is 24.3 Å². The van der Waals surface area contributed by atoms with E-state index in [-0.39, 0.29) is 0 Å². The fourth-order valence-electron chi connectivity index (χ4n) is 0.167. The third kappa shape index (κ3) is 26.1. The SMILES string of the molecule is CC(=O)O.CCC(C)OC. The lowest BCUT2D eigenvalue weighted by atomic mass is 10.3. The van der Waals surface area contributed by atoms with Gasteiger partial charge in [0.1, 0.15) is 0 Å². The number of carboxylic acid groups (broad SMARTS) is 1. The standard InChI is InChI=1S/C5H12O.C2H4O2/c1-4-5(2)6-3;1-2(3)4/h5H,4H2,1-3H3;1H3,(H,3,4). The Morgan fingerprint density at radius 3 is 2.00 bits per heavy atom. The maximum absolute atomic E-state index is 9.00. The van der Waals surface area contributed by atoms with Crippen LogP contribution in [0.5, 0.6) is 0 Å². The number of ether oxygens (including phenoxy) is 1. The highest BCUT2D eigenvalue weighted by molar-refractivity contribution is 5.62. The topological polar surface area (TPSA) is 46.5 Å². The number of carbonyl (C=O) groups is 1. The molecular formula is C7H16O3. The molecule has 0 amide bonds. The lowest BCUT2D eigenvalue weighted by molar-refractivity contribution is -0.134. The number of aliphatic carboxylic acids is 1. The van der Waals surface area contributed by atoms with Crippen LogP contribution in [0.3, 0.4) is 0 Å². The molecule has 0 aliphatic rings. The summed E-state index contributed by atoms with van der Waals surface area (Å²) >= 11 is 0. The van der Waals surface area contributed by atoms with Gasteiger partial charge in [0.05, 0.1) is 6.10 Å². The molecule has 1 atom stereocenters. The summed E-state index contributed by atoms with van der Waals surface area (Å²) in [7, 11) is 1.73. The third-order valence-electron chi connectivity index (χ3n) is 0.977. The summed E-state index contributed by atoms with van der Waals surface area (Å²) in [6, 6.07) is 0. The molecule has 1 N–H and O–H groups in total. The lowest BCUT2D eigenvalue weighted by Gasteiger charge is -2.01. The van der Waals surface area contributed by atoms with E-state index in [1.807, 2.05) is 0 Å². The molecule has 0 bridgehead atoms. The number of hydrogen-bond donors (Lipinski definition) is 1. The lowest BCUT2D eigenvalue weighted by Crippen LogP contribution is -2.00. The molecule has 0 fully saturated rings. The Balaban J connectivity index is 0. The molecule has 0 aromatic heterocycles. The first kappa shape index (κ1) is 12.1. The van der Waals surface area contributed by atoms with Crippen LogP contribution >= 0.6 is 0 Å². The van der Waals surface area contributed by atoms with E-state index in [2.05, 4.69) is 13.8 Å². The van der Waals surface area contributed by atoms with Crippen LogP contribution in [0.15, 0.2) is 0 Å². The van der Waals surface area contributed by atoms with Gasteiger partial charge in [0, 0.05) is 14.0 Å². The van der Waals surface area contributed by atoms with Gasteiger partial charge in [-0.25, -0.2) is 0 Å². The van der Waals surface area contributed by atoms with Crippen molar-refractivity contribution in [1.82, 2.24) is 0 Å². The van der Waals surface area contributed by atoms with E-state index in [0.29, 0.717) is 6.10 Å². The summed E-state index contributed by atoms with van der Waals surface area (Å²) in [6.45, 7) is 5.24. The van der Waals surface area contributed by atoms with Gasteiger partial charge in [-0.3, -0.25) is 4.79 Å². The van der Waals surface area contributed by atoms with Crippen molar-refractivity contribution in [2.24, 2.45) is 0 Å². The largest absolute Gasteiger partial charge is 0.481 e. The first-order valence-electron chi connectivity index (χ1n) is 3.26. The van der Waals surface area contributed by atoms with Crippen molar-refractivity contribution in [2.75, 3.05) is 7.11 Å². The van der Waals surface area contributed by atoms with Crippen LogP contribution in [0.4, 0.5) is 0 Å².